The van der Waals surface area contributed by atoms with Gasteiger partial charge in [-0.1, -0.05) is 0 Å². The van der Waals surface area contributed by atoms with Gasteiger partial charge >= 0.3 is 6.03 Å². The Morgan fingerprint density at radius 3 is 2.48 bits per heavy atom. The Morgan fingerprint density at radius 2 is 1.83 bits per heavy atom. The number of likely N-dealkylation sites (tertiary alicyclic amines) is 1. The minimum absolute atomic E-state index is 0.00508. The number of nitrogens with one attached hydrogen (secondary N) is 2. The van der Waals surface area contributed by atoms with Gasteiger partial charge in [-0.2, -0.15) is 0 Å². The molecule has 2 unspecified atom stereocenters. The van der Waals surface area contributed by atoms with Gasteiger partial charge < -0.3 is 16.0 Å². The summed E-state index contributed by atoms with van der Waals surface area (Å²) in [4.78, 5) is 49.4. The predicted octanol–water partition coefficient (Wildman–Crippen LogP) is -1.62. The van der Waals surface area contributed by atoms with Crippen LogP contribution in [0.1, 0.15) is 26.2 Å². The molecular formula is C14H23N5O4. The van der Waals surface area contributed by atoms with Crippen LogP contribution in [-0.2, 0) is 14.4 Å². The number of primary amides is 1. The minimum Gasteiger partial charge on any atom is -0.351 e. The fourth-order valence-electron chi connectivity index (χ4n) is 3.31. The van der Waals surface area contributed by atoms with Gasteiger partial charge in [0.05, 0.1) is 13.1 Å². The van der Waals surface area contributed by atoms with Crippen LogP contribution in [-0.4, -0.2) is 71.8 Å². The van der Waals surface area contributed by atoms with Crippen molar-refractivity contribution in [3.8, 4) is 0 Å². The lowest BCUT2D eigenvalue weighted by molar-refractivity contribution is -0.132. The number of urea groups is 1. The first-order valence-corrected chi connectivity index (χ1v) is 7.74. The second-order valence-corrected chi connectivity index (χ2v) is 6.01. The van der Waals surface area contributed by atoms with Gasteiger partial charge in [-0.15, -0.1) is 0 Å². The summed E-state index contributed by atoms with van der Waals surface area (Å²) in [6.45, 7) is 2.60. The van der Waals surface area contributed by atoms with Crippen LogP contribution in [0.4, 0.5) is 4.79 Å². The van der Waals surface area contributed by atoms with Crippen LogP contribution < -0.4 is 16.4 Å². The van der Waals surface area contributed by atoms with Crippen LogP contribution in [0.2, 0.25) is 0 Å². The number of imide groups is 1. The molecule has 4 N–H and O–H groups in total. The summed E-state index contributed by atoms with van der Waals surface area (Å²) < 4.78 is 0. The number of hydrogen-bond acceptors (Lipinski definition) is 5. The summed E-state index contributed by atoms with van der Waals surface area (Å²) in [6.07, 6.45) is 2.65. The summed E-state index contributed by atoms with van der Waals surface area (Å²) in [7, 11) is 0. The summed E-state index contributed by atoms with van der Waals surface area (Å²) in [5, 5.41) is 4.59. The maximum Gasteiger partial charge on any atom is 0.318 e. The van der Waals surface area contributed by atoms with E-state index in [9.17, 15) is 19.2 Å². The lowest BCUT2D eigenvalue weighted by Gasteiger charge is -2.28. The second-order valence-electron chi connectivity index (χ2n) is 6.01. The van der Waals surface area contributed by atoms with Crippen molar-refractivity contribution in [3.63, 3.8) is 0 Å². The zero-order chi connectivity index (χ0) is 17.0. The summed E-state index contributed by atoms with van der Waals surface area (Å²) in [6, 6.07) is -0.552. The molecule has 5 amide bonds. The molecule has 0 aromatic rings. The first-order chi connectivity index (χ1) is 10.9. The Balaban J connectivity index is 1.94. The van der Waals surface area contributed by atoms with E-state index in [-0.39, 0.29) is 37.0 Å². The lowest BCUT2D eigenvalue weighted by atomic mass is 10.1. The Hall–Kier alpha value is -2.16. The molecule has 0 aromatic carbocycles. The highest BCUT2D eigenvalue weighted by Crippen LogP contribution is 2.29. The van der Waals surface area contributed by atoms with Crippen molar-refractivity contribution < 1.29 is 19.2 Å². The molecule has 0 saturated carbocycles. The Labute approximate surface area is 134 Å². The van der Waals surface area contributed by atoms with Gasteiger partial charge in [0.2, 0.25) is 17.7 Å². The largest absolute Gasteiger partial charge is 0.351 e. The Bertz CT molecular complexity index is 509. The van der Waals surface area contributed by atoms with Crippen molar-refractivity contribution in [1.82, 2.24) is 20.4 Å². The van der Waals surface area contributed by atoms with Crippen LogP contribution in [0, 0.1) is 0 Å². The molecule has 2 aliphatic heterocycles. The smallest absolute Gasteiger partial charge is 0.318 e. The van der Waals surface area contributed by atoms with Crippen molar-refractivity contribution in [3.05, 3.63) is 0 Å². The monoisotopic (exact) mass is 325 g/mol. The highest BCUT2D eigenvalue weighted by atomic mass is 16.2. The topological polar surface area (TPSA) is 125 Å². The minimum atomic E-state index is -0.857. The van der Waals surface area contributed by atoms with E-state index < -0.39 is 11.9 Å². The van der Waals surface area contributed by atoms with Crippen LogP contribution >= 0.6 is 0 Å². The van der Waals surface area contributed by atoms with E-state index in [2.05, 4.69) is 10.6 Å². The highest BCUT2D eigenvalue weighted by Gasteiger charge is 2.39. The van der Waals surface area contributed by atoms with E-state index in [0.29, 0.717) is 13.1 Å². The summed E-state index contributed by atoms with van der Waals surface area (Å²) >= 11 is 0. The molecule has 9 nitrogen and oxygen atoms in total. The second kappa shape index (κ2) is 7.40. The molecule has 9 heteroatoms. The molecule has 2 heterocycles. The molecule has 2 atom stereocenters. The number of carbonyl (C=O) groups excluding carboxylic acids is 4. The van der Waals surface area contributed by atoms with Gasteiger partial charge in [0, 0.05) is 32.1 Å². The number of fused-ring (bicyclic) bond motifs is 2. The van der Waals surface area contributed by atoms with Gasteiger partial charge in [0.25, 0.3) is 0 Å². The average Bonchev–Trinajstić information content (AvgIpc) is 2.69. The van der Waals surface area contributed by atoms with Crippen LogP contribution in [0.5, 0.6) is 0 Å². The molecule has 0 aromatic heterocycles. The summed E-state index contributed by atoms with van der Waals surface area (Å²) in [5.74, 6) is -0.777. The average molecular weight is 325 g/mol. The highest BCUT2D eigenvalue weighted by molar-refractivity contribution is 5.94. The number of nitrogens with two attached hydrogens (primary N) is 1. The van der Waals surface area contributed by atoms with Crippen LogP contribution in [0.25, 0.3) is 0 Å². The molecule has 0 aliphatic carbocycles. The van der Waals surface area contributed by atoms with E-state index in [1.807, 2.05) is 4.90 Å². The SMILES string of the molecule is CC(=O)NCC(=O)N1CCC2CCC(C1)N2CC(=O)NC(N)=O. The van der Waals surface area contributed by atoms with Crippen molar-refractivity contribution in [2.45, 2.75) is 38.3 Å². The van der Waals surface area contributed by atoms with Crippen molar-refractivity contribution >= 4 is 23.8 Å². The molecule has 0 radical (unpaired) electrons. The maximum absolute atomic E-state index is 12.2. The molecule has 0 spiro atoms. The lowest BCUT2D eigenvalue weighted by Crippen LogP contribution is -2.48. The number of amides is 5. The fraction of sp³-hybridized carbons (Fsp3) is 0.714. The molecule has 2 saturated heterocycles. The zero-order valence-corrected chi connectivity index (χ0v) is 13.2. The molecule has 23 heavy (non-hydrogen) atoms. The standard InChI is InChI=1S/C14H23N5O4/c1-9(20)16-6-13(22)18-5-4-10-2-3-11(7-18)19(10)8-12(21)17-14(15)23/h10-11H,2-8H2,1H3,(H,16,20)(H3,15,17,21,23). The summed E-state index contributed by atoms with van der Waals surface area (Å²) in [5.41, 5.74) is 4.96. The first-order valence-electron chi connectivity index (χ1n) is 7.74. The van der Waals surface area contributed by atoms with Gasteiger partial charge in [-0.25, -0.2) is 4.79 Å². The van der Waals surface area contributed by atoms with Crippen LogP contribution in [0.3, 0.4) is 0 Å². The van der Waals surface area contributed by atoms with Gasteiger partial charge in [0.15, 0.2) is 0 Å². The molecular weight excluding hydrogens is 302 g/mol. The molecule has 2 fully saturated rings. The number of rotatable bonds is 4. The van der Waals surface area contributed by atoms with Crippen molar-refractivity contribution in [2.75, 3.05) is 26.2 Å². The fourth-order valence-corrected chi connectivity index (χ4v) is 3.31. The third kappa shape index (κ3) is 4.65. The molecule has 2 bridgehead atoms. The Kier molecular flexibility index (Phi) is 5.54. The third-order valence-electron chi connectivity index (χ3n) is 4.36. The van der Waals surface area contributed by atoms with E-state index >= 15 is 0 Å². The quantitative estimate of drug-likeness (QED) is 0.573. The van der Waals surface area contributed by atoms with E-state index in [4.69, 9.17) is 5.73 Å². The van der Waals surface area contributed by atoms with Gasteiger partial charge in [-0.3, -0.25) is 24.6 Å². The van der Waals surface area contributed by atoms with Gasteiger partial charge in [0.1, 0.15) is 0 Å². The van der Waals surface area contributed by atoms with E-state index in [0.717, 1.165) is 19.3 Å². The predicted molar refractivity (Wildman–Crippen MR) is 81.1 cm³/mol. The van der Waals surface area contributed by atoms with E-state index in [1.54, 1.807) is 4.90 Å². The maximum atomic E-state index is 12.2. The van der Waals surface area contributed by atoms with Crippen molar-refractivity contribution in [2.24, 2.45) is 5.73 Å². The Morgan fingerprint density at radius 1 is 1.13 bits per heavy atom. The number of hydrogen-bond donors (Lipinski definition) is 3. The molecule has 2 rings (SSSR count). The number of nitrogens with zero attached hydrogens (tertiary/aromatic N) is 2. The van der Waals surface area contributed by atoms with Crippen LogP contribution in [0.15, 0.2) is 0 Å². The van der Waals surface area contributed by atoms with Gasteiger partial charge in [-0.05, 0) is 19.3 Å². The first kappa shape index (κ1) is 17.2. The van der Waals surface area contributed by atoms with Crippen molar-refractivity contribution in [1.29, 1.82) is 0 Å². The van der Waals surface area contributed by atoms with E-state index in [1.165, 1.54) is 6.92 Å². The zero-order valence-electron chi connectivity index (χ0n) is 13.2. The molecule has 2 aliphatic rings. The molecule has 128 valence electrons. The normalized spacial score (nSPS) is 24.0. The third-order valence-corrected chi connectivity index (χ3v) is 4.36. The number of carbonyl (C=O) groups is 4.